The van der Waals surface area contributed by atoms with Crippen LogP contribution in [0.3, 0.4) is 0 Å². The van der Waals surface area contributed by atoms with E-state index in [2.05, 4.69) is 5.32 Å². The van der Waals surface area contributed by atoms with Crippen LogP contribution >= 0.6 is 0 Å². The lowest BCUT2D eigenvalue weighted by molar-refractivity contribution is -0.159. The summed E-state index contributed by atoms with van der Waals surface area (Å²) >= 11 is 0. The highest BCUT2D eigenvalue weighted by Crippen LogP contribution is 2.20. The molecule has 0 heterocycles. The highest BCUT2D eigenvalue weighted by Gasteiger charge is 2.19. The highest BCUT2D eigenvalue weighted by molar-refractivity contribution is 5.90. The first-order valence-corrected chi connectivity index (χ1v) is 7.58. The molecule has 0 fully saturated rings. The molecule has 0 aromatic heterocycles. The van der Waals surface area contributed by atoms with Crippen LogP contribution in [0.2, 0.25) is 0 Å². The van der Waals surface area contributed by atoms with Crippen molar-refractivity contribution in [2.45, 2.75) is 33.2 Å². The molecule has 0 saturated heterocycles. The van der Waals surface area contributed by atoms with Gasteiger partial charge < -0.3 is 10.1 Å². The van der Waals surface area contributed by atoms with E-state index in [0.717, 1.165) is 22.4 Å². The van der Waals surface area contributed by atoms with Crippen LogP contribution in [-0.4, -0.2) is 18.0 Å². The quantitative estimate of drug-likeness (QED) is 0.679. The van der Waals surface area contributed by atoms with Gasteiger partial charge in [0.25, 0.3) is 0 Å². The molecular formula is C19H21NO3. The van der Waals surface area contributed by atoms with Crippen LogP contribution in [0.4, 0.5) is 5.69 Å². The first kappa shape index (κ1) is 16.7. The first-order chi connectivity index (χ1) is 11.0. The summed E-state index contributed by atoms with van der Waals surface area (Å²) in [5, 5.41) is 3.12. The number of carbonyl (C=O) groups excluding carboxylic acids is 2. The second-order valence-corrected chi connectivity index (χ2v) is 5.59. The zero-order chi connectivity index (χ0) is 16.8. The topological polar surface area (TPSA) is 55.4 Å². The van der Waals surface area contributed by atoms with E-state index in [0.29, 0.717) is 0 Å². The van der Waals surface area contributed by atoms with E-state index in [4.69, 9.17) is 4.74 Å². The summed E-state index contributed by atoms with van der Waals surface area (Å²) in [5.74, 6) is -1.12. The maximum atomic E-state index is 12.1. The summed E-state index contributed by atoms with van der Waals surface area (Å²) in [6.45, 7) is 5.62. The number of para-hydroxylation sites is 1. The number of nitrogens with one attached hydrogen (secondary N) is 1. The van der Waals surface area contributed by atoms with E-state index < -0.39 is 18.0 Å². The van der Waals surface area contributed by atoms with Crippen LogP contribution in [0, 0.1) is 13.8 Å². The van der Waals surface area contributed by atoms with Gasteiger partial charge in [0, 0.05) is 5.69 Å². The SMILES string of the molecule is Cc1cccc(C)c1NC(C)C(=O)OC(=O)Cc1ccccc1. The van der Waals surface area contributed by atoms with Gasteiger partial charge in [-0.2, -0.15) is 0 Å². The van der Waals surface area contributed by atoms with Gasteiger partial charge in [-0.1, -0.05) is 48.5 Å². The molecule has 0 amide bonds. The number of carbonyl (C=O) groups is 2. The fourth-order valence-corrected chi connectivity index (χ4v) is 2.32. The van der Waals surface area contributed by atoms with Crippen LogP contribution in [0.1, 0.15) is 23.6 Å². The zero-order valence-electron chi connectivity index (χ0n) is 13.6. The van der Waals surface area contributed by atoms with Crippen LogP contribution in [0.15, 0.2) is 48.5 Å². The van der Waals surface area contributed by atoms with E-state index in [1.807, 2.05) is 62.4 Å². The molecule has 0 aliphatic heterocycles. The average molecular weight is 311 g/mol. The molecule has 2 rings (SSSR count). The molecule has 2 aromatic carbocycles. The van der Waals surface area contributed by atoms with E-state index in [-0.39, 0.29) is 6.42 Å². The molecule has 0 spiro atoms. The van der Waals surface area contributed by atoms with E-state index in [1.165, 1.54) is 0 Å². The first-order valence-electron chi connectivity index (χ1n) is 7.58. The van der Waals surface area contributed by atoms with Crippen LogP contribution in [0.25, 0.3) is 0 Å². The lowest BCUT2D eigenvalue weighted by Crippen LogP contribution is -2.31. The molecule has 0 saturated carbocycles. The number of ether oxygens (including phenoxy) is 1. The maximum absolute atomic E-state index is 12.1. The molecule has 23 heavy (non-hydrogen) atoms. The Labute approximate surface area is 136 Å². The molecule has 1 atom stereocenters. The minimum absolute atomic E-state index is 0.0860. The Morgan fingerprint density at radius 2 is 1.61 bits per heavy atom. The number of aryl methyl sites for hydroxylation is 2. The molecule has 120 valence electrons. The predicted molar refractivity (Wildman–Crippen MR) is 90.2 cm³/mol. The van der Waals surface area contributed by atoms with Crippen LogP contribution in [0.5, 0.6) is 0 Å². The molecule has 2 aromatic rings. The molecule has 0 radical (unpaired) electrons. The van der Waals surface area contributed by atoms with Gasteiger partial charge in [0.15, 0.2) is 0 Å². The fraction of sp³-hybridized carbons (Fsp3) is 0.263. The summed E-state index contributed by atoms with van der Waals surface area (Å²) < 4.78 is 4.93. The van der Waals surface area contributed by atoms with Gasteiger partial charge in [0.05, 0.1) is 6.42 Å². The summed E-state index contributed by atoms with van der Waals surface area (Å²) in [6, 6.07) is 14.5. The second kappa shape index (κ2) is 7.58. The number of benzene rings is 2. The Morgan fingerprint density at radius 3 is 2.22 bits per heavy atom. The van der Waals surface area contributed by atoms with Crippen LogP contribution < -0.4 is 5.32 Å². The number of hydrogen-bond acceptors (Lipinski definition) is 4. The molecule has 1 N–H and O–H groups in total. The Kier molecular flexibility index (Phi) is 5.52. The van der Waals surface area contributed by atoms with Gasteiger partial charge in [-0.25, -0.2) is 4.79 Å². The van der Waals surface area contributed by atoms with Crippen molar-refractivity contribution < 1.29 is 14.3 Å². The molecule has 4 heteroatoms. The molecule has 0 aliphatic carbocycles. The third-order valence-electron chi connectivity index (χ3n) is 3.60. The average Bonchev–Trinajstić information content (AvgIpc) is 2.51. The van der Waals surface area contributed by atoms with Crippen molar-refractivity contribution in [3.63, 3.8) is 0 Å². The fourth-order valence-electron chi connectivity index (χ4n) is 2.32. The smallest absolute Gasteiger partial charge is 0.335 e. The standard InChI is InChI=1S/C19H21NO3/c1-13-8-7-9-14(2)18(13)20-15(3)19(22)23-17(21)12-16-10-5-4-6-11-16/h4-11,15,20H,12H2,1-3H3. The van der Waals surface area contributed by atoms with Crippen molar-refractivity contribution in [2.75, 3.05) is 5.32 Å². The lowest BCUT2D eigenvalue weighted by atomic mass is 10.1. The Morgan fingerprint density at radius 1 is 1.00 bits per heavy atom. The van der Waals surface area contributed by atoms with Crippen molar-refractivity contribution in [3.05, 3.63) is 65.2 Å². The van der Waals surface area contributed by atoms with Gasteiger partial charge in [0.2, 0.25) is 0 Å². The molecule has 0 bridgehead atoms. The normalized spacial score (nSPS) is 11.6. The van der Waals surface area contributed by atoms with Crippen molar-refractivity contribution in [3.8, 4) is 0 Å². The summed E-state index contributed by atoms with van der Waals surface area (Å²) in [6.07, 6.45) is 0.0860. The summed E-state index contributed by atoms with van der Waals surface area (Å²) in [4.78, 5) is 23.9. The summed E-state index contributed by atoms with van der Waals surface area (Å²) in [7, 11) is 0. The molecule has 4 nitrogen and oxygen atoms in total. The predicted octanol–water partition coefficient (Wildman–Crippen LogP) is 3.42. The van der Waals surface area contributed by atoms with Crippen molar-refractivity contribution in [1.29, 1.82) is 0 Å². The van der Waals surface area contributed by atoms with E-state index >= 15 is 0 Å². The second-order valence-electron chi connectivity index (χ2n) is 5.59. The van der Waals surface area contributed by atoms with Gasteiger partial charge in [-0.15, -0.1) is 0 Å². The Balaban J connectivity index is 1.93. The van der Waals surface area contributed by atoms with Crippen LogP contribution in [-0.2, 0) is 20.7 Å². The number of esters is 2. The monoisotopic (exact) mass is 311 g/mol. The van der Waals surface area contributed by atoms with Gasteiger partial charge in [-0.3, -0.25) is 4.79 Å². The third-order valence-corrected chi connectivity index (χ3v) is 3.60. The van der Waals surface area contributed by atoms with Crippen molar-refractivity contribution >= 4 is 17.6 Å². The largest absolute Gasteiger partial charge is 0.391 e. The van der Waals surface area contributed by atoms with E-state index in [9.17, 15) is 9.59 Å². The third kappa shape index (κ3) is 4.68. The lowest BCUT2D eigenvalue weighted by Gasteiger charge is -2.17. The van der Waals surface area contributed by atoms with Crippen molar-refractivity contribution in [1.82, 2.24) is 0 Å². The molecule has 1 unspecified atom stereocenters. The Bertz CT molecular complexity index is 675. The van der Waals surface area contributed by atoms with Crippen molar-refractivity contribution in [2.24, 2.45) is 0 Å². The number of anilines is 1. The minimum Gasteiger partial charge on any atom is -0.391 e. The van der Waals surface area contributed by atoms with Gasteiger partial charge >= 0.3 is 11.9 Å². The molecule has 0 aliphatic rings. The van der Waals surface area contributed by atoms with Gasteiger partial charge in [-0.05, 0) is 37.5 Å². The van der Waals surface area contributed by atoms with E-state index in [1.54, 1.807) is 6.92 Å². The number of hydrogen-bond donors (Lipinski definition) is 1. The maximum Gasteiger partial charge on any atom is 0.335 e. The minimum atomic E-state index is -0.602. The highest BCUT2D eigenvalue weighted by atomic mass is 16.6. The summed E-state index contributed by atoms with van der Waals surface area (Å²) in [5.41, 5.74) is 3.80. The van der Waals surface area contributed by atoms with Gasteiger partial charge in [0.1, 0.15) is 6.04 Å². The zero-order valence-corrected chi connectivity index (χ0v) is 13.6. The number of rotatable bonds is 5. The Hall–Kier alpha value is -2.62. The molecular weight excluding hydrogens is 290 g/mol.